The zero-order chi connectivity index (χ0) is 25.7. The molecule has 0 saturated heterocycles. The first-order chi connectivity index (χ1) is 17.3. The topological polar surface area (TPSA) is 103 Å². The smallest absolute Gasteiger partial charge is 0.407 e. The van der Waals surface area contributed by atoms with E-state index >= 15 is 0 Å². The molecule has 8 nitrogen and oxygen atoms in total. The van der Waals surface area contributed by atoms with Crippen molar-refractivity contribution in [3.05, 3.63) is 99.5 Å². The number of halogens is 3. The summed E-state index contributed by atoms with van der Waals surface area (Å²) in [5.74, 6) is -0.911. The van der Waals surface area contributed by atoms with Gasteiger partial charge in [-0.25, -0.2) is 14.8 Å². The normalized spacial score (nSPS) is 16.6. The maximum absolute atomic E-state index is 12.4. The number of ether oxygens (including phenoxy) is 1. The first kappa shape index (κ1) is 25.8. The van der Waals surface area contributed by atoms with Crippen molar-refractivity contribution in [3.63, 3.8) is 0 Å². The molecular weight excluding hydrogens is 527 g/mol. The van der Waals surface area contributed by atoms with Crippen molar-refractivity contribution in [2.24, 2.45) is 4.99 Å². The Balaban J connectivity index is 1.69. The molecule has 1 atom stereocenters. The number of hydrogen-bond acceptors (Lipinski definition) is 6. The van der Waals surface area contributed by atoms with E-state index in [1.165, 1.54) is 6.07 Å². The Hall–Kier alpha value is -3.30. The van der Waals surface area contributed by atoms with Gasteiger partial charge in [-0.3, -0.25) is 10.2 Å². The molecule has 3 N–H and O–H groups in total. The molecule has 4 rings (SSSR count). The quantitative estimate of drug-likeness (QED) is 0.371. The van der Waals surface area contributed by atoms with Crippen molar-refractivity contribution in [3.8, 4) is 0 Å². The second kappa shape index (κ2) is 11.2. The highest BCUT2D eigenvalue weighted by molar-refractivity contribution is 6.32. The first-order valence-corrected chi connectivity index (χ1v) is 12.1. The van der Waals surface area contributed by atoms with Crippen LogP contribution >= 0.6 is 34.8 Å². The van der Waals surface area contributed by atoms with E-state index in [-0.39, 0.29) is 35.1 Å². The van der Waals surface area contributed by atoms with Crippen molar-refractivity contribution in [2.45, 2.75) is 12.3 Å². The monoisotopic (exact) mass is 546 g/mol. The molecule has 2 amide bonds. The summed E-state index contributed by atoms with van der Waals surface area (Å²) in [4.78, 5) is 29.3. The van der Waals surface area contributed by atoms with Gasteiger partial charge in [0.25, 0.3) is 5.91 Å². The van der Waals surface area contributed by atoms with Gasteiger partial charge in [-0.05, 0) is 29.8 Å². The summed E-state index contributed by atoms with van der Waals surface area (Å²) in [6, 6.07) is 20.6. The Kier molecular flexibility index (Phi) is 8.01. The molecule has 0 radical (unpaired) electrons. The Bertz CT molecular complexity index is 1310. The number of rotatable bonds is 7. The third kappa shape index (κ3) is 5.42. The van der Waals surface area contributed by atoms with Gasteiger partial charge in [0.2, 0.25) is 5.72 Å². The molecule has 0 fully saturated rings. The fraction of sp³-hybridized carbons (Fsp3) is 0.160. The number of benzene rings is 3. The van der Waals surface area contributed by atoms with Crippen LogP contribution in [0.2, 0.25) is 10.0 Å². The van der Waals surface area contributed by atoms with Crippen molar-refractivity contribution in [1.29, 1.82) is 0 Å². The van der Waals surface area contributed by atoms with Crippen LogP contribution in [0.4, 0.5) is 10.5 Å². The molecule has 186 valence electrons. The van der Waals surface area contributed by atoms with Crippen LogP contribution in [0.25, 0.3) is 0 Å². The number of hydrogen-bond donors (Lipinski definition) is 3. The van der Waals surface area contributed by atoms with Gasteiger partial charge < -0.3 is 15.2 Å². The molecular formula is C25H21Cl3N4O4. The molecule has 0 saturated carbocycles. The van der Waals surface area contributed by atoms with Crippen molar-refractivity contribution in [2.75, 3.05) is 12.4 Å². The standard InChI is InChI=1S/C25H21Cl3N4O4/c26-13-23(33)31-32-22(14-29-24(34)36-15-16-6-2-1-3-7-16)30-21-11-10-17(27)12-19(21)25(32,35)18-8-4-5-9-20(18)28/h1-12,35H,13-15H2,(H,29,34)(H,31,33). The molecule has 1 heterocycles. The maximum atomic E-state index is 12.4. The highest BCUT2D eigenvalue weighted by Gasteiger charge is 2.47. The third-order valence-electron chi connectivity index (χ3n) is 5.38. The summed E-state index contributed by atoms with van der Waals surface area (Å²) >= 11 is 18.5. The number of carbonyl (C=O) groups excluding carboxylic acids is 2. The Morgan fingerprint density at radius 1 is 1.00 bits per heavy atom. The lowest BCUT2D eigenvalue weighted by Gasteiger charge is -2.45. The molecule has 3 aromatic carbocycles. The number of alkyl carbamates (subject to hydrolysis) is 1. The molecule has 0 aromatic heterocycles. The predicted molar refractivity (Wildman–Crippen MR) is 138 cm³/mol. The van der Waals surface area contributed by atoms with E-state index in [0.717, 1.165) is 10.6 Å². The van der Waals surface area contributed by atoms with Crippen molar-refractivity contribution >= 4 is 58.3 Å². The van der Waals surface area contributed by atoms with Crippen LogP contribution in [-0.2, 0) is 21.9 Å². The highest BCUT2D eigenvalue weighted by Crippen LogP contribution is 2.44. The van der Waals surface area contributed by atoms with Crippen LogP contribution in [0.1, 0.15) is 16.7 Å². The van der Waals surface area contributed by atoms with Gasteiger partial charge in [-0.1, -0.05) is 71.7 Å². The summed E-state index contributed by atoms with van der Waals surface area (Å²) in [7, 11) is 0. The number of nitrogens with one attached hydrogen (secondary N) is 2. The SMILES string of the molecule is O=C(CCl)NN1C(CNC(=O)OCc2ccccc2)=Nc2ccc(Cl)cc2C1(O)c1ccccc1Cl. The van der Waals surface area contributed by atoms with E-state index in [1.807, 2.05) is 30.3 Å². The van der Waals surface area contributed by atoms with E-state index in [9.17, 15) is 14.7 Å². The van der Waals surface area contributed by atoms with Gasteiger partial charge in [0.1, 0.15) is 18.3 Å². The number of aliphatic imine (C=N–C) groups is 1. The number of fused-ring (bicyclic) bond motifs is 1. The van der Waals surface area contributed by atoms with Gasteiger partial charge in [0.05, 0.1) is 12.2 Å². The predicted octanol–water partition coefficient (Wildman–Crippen LogP) is 4.73. The van der Waals surface area contributed by atoms with Crippen LogP contribution in [0.15, 0.2) is 77.8 Å². The summed E-state index contributed by atoms with van der Waals surface area (Å²) < 4.78 is 5.26. The summed E-state index contributed by atoms with van der Waals surface area (Å²) in [6.07, 6.45) is -0.714. The van der Waals surface area contributed by atoms with Gasteiger partial charge in [-0.2, -0.15) is 0 Å². The van der Waals surface area contributed by atoms with Gasteiger partial charge in [0.15, 0.2) is 0 Å². The summed E-state index contributed by atoms with van der Waals surface area (Å²) in [6.45, 7) is -0.137. The molecule has 1 aliphatic heterocycles. The number of nitrogens with zero attached hydrogens (tertiary/aromatic N) is 2. The number of amidine groups is 1. The van der Waals surface area contributed by atoms with Crippen LogP contribution in [0.3, 0.4) is 0 Å². The summed E-state index contributed by atoms with van der Waals surface area (Å²) in [5.41, 5.74) is 2.24. The van der Waals surface area contributed by atoms with Crippen LogP contribution in [0.5, 0.6) is 0 Å². The molecule has 0 aliphatic carbocycles. The lowest BCUT2D eigenvalue weighted by molar-refractivity contribution is -0.132. The summed E-state index contributed by atoms with van der Waals surface area (Å²) in [5, 5.41) is 16.5. The Morgan fingerprint density at radius 3 is 2.44 bits per heavy atom. The minimum absolute atomic E-state index is 0.0662. The molecule has 36 heavy (non-hydrogen) atoms. The molecule has 11 heteroatoms. The Morgan fingerprint density at radius 2 is 1.72 bits per heavy atom. The minimum Gasteiger partial charge on any atom is -0.445 e. The van der Waals surface area contributed by atoms with Gasteiger partial charge in [-0.15, -0.1) is 11.6 Å². The van der Waals surface area contributed by atoms with Crippen molar-refractivity contribution < 1.29 is 19.4 Å². The lowest BCUT2D eigenvalue weighted by Crippen LogP contribution is -2.62. The molecule has 3 aromatic rings. The van der Waals surface area contributed by atoms with Crippen LogP contribution in [0, 0.1) is 0 Å². The number of aliphatic hydroxyl groups is 1. The van der Waals surface area contributed by atoms with E-state index in [1.54, 1.807) is 36.4 Å². The number of amides is 2. The number of hydrazine groups is 1. The van der Waals surface area contributed by atoms with Crippen LogP contribution < -0.4 is 10.7 Å². The molecule has 1 aliphatic rings. The average Bonchev–Trinajstić information content (AvgIpc) is 2.89. The fourth-order valence-corrected chi connectivity index (χ4v) is 4.23. The van der Waals surface area contributed by atoms with Gasteiger partial charge in [0, 0.05) is 21.2 Å². The minimum atomic E-state index is -2.03. The van der Waals surface area contributed by atoms with E-state index in [0.29, 0.717) is 10.7 Å². The van der Waals surface area contributed by atoms with Gasteiger partial charge >= 0.3 is 6.09 Å². The van der Waals surface area contributed by atoms with E-state index in [4.69, 9.17) is 39.5 Å². The van der Waals surface area contributed by atoms with Crippen LogP contribution in [-0.4, -0.2) is 40.4 Å². The zero-order valence-electron chi connectivity index (χ0n) is 18.7. The Labute approximate surface area is 222 Å². The third-order valence-corrected chi connectivity index (χ3v) is 6.18. The second-order valence-corrected chi connectivity index (χ2v) is 8.87. The molecule has 0 bridgehead atoms. The van der Waals surface area contributed by atoms with E-state index in [2.05, 4.69) is 15.7 Å². The molecule has 0 spiro atoms. The lowest BCUT2D eigenvalue weighted by atomic mass is 9.90. The molecule has 1 unspecified atom stereocenters. The first-order valence-electron chi connectivity index (χ1n) is 10.8. The number of alkyl halides is 1. The number of carbonyl (C=O) groups is 2. The maximum Gasteiger partial charge on any atom is 0.407 e. The second-order valence-electron chi connectivity index (χ2n) is 7.76. The largest absolute Gasteiger partial charge is 0.445 e. The van der Waals surface area contributed by atoms with Crippen molar-refractivity contribution in [1.82, 2.24) is 15.8 Å². The highest BCUT2D eigenvalue weighted by atomic mass is 35.5. The fourth-order valence-electron chi connectivity index (χ4n) is 3.73. The zero-order valence-corrected chi connectivity index (χ0v) is 21.0. The van der Waals surface area contributed by atoms with E-state index < -0.39 is 23.6 Å². The average molecular weight is 548 g/mol.